The molecule has 7 heteroatoms. The van der Waals surface area contributed by atoms with Crippen molar-refractivity contribution in [3.05, 3.63) is 48.8 Å². The van der Waals surface area contributed by atoms with Crippen LogP contribution >= 0.6 is 0 Å². The van der Waals surface area contributed by atoms with E-state index < -0.39 is 6.10 Å². The predicted molar refractivity (Wildman–Crippen MR) is 116 cm³/mol. The van der Waals surface area contributed by atoms with Gasteiger partial charge in [0.15, 0.2) is 0 Å². The van der Waals surface area contributed by atoms with Gasteiger partial charge in [-0.25, -0.2) is 0 Å². The Kier molecular flexibility index (Phi) is 6.01. The van der Waals surface area contributed by atoms with Gasteiger partial charge in [0.2, 0.25) is 5.91 Å². The van der Waals surface area contributed by atoms with Gasteiger partial charge in [0.1, 0.15) is 18.5 Å². The second-order valence-electron chi connectivity index (χ2n) is 7.90. The number of rotatable bonds is 6. The highest BCUT2D eigenvalue weighted by atomic mass is 16.5. The molecule has 0 spiro atoms. The second kappa shape index (κ2) is 8.85. The standard InChI is InChI=1S/C23H28N4O3/c1-17(28)27-9-7-26(8-10-27)15-22(29)16-30-23-6-5-18-3-4-19(11-20(18)12-23)21-13-24-25(2)14-21/h3-6,11-14,22,29H,7-10,15-16H2,1-2H3. The van der Waals surface area contributed by atoms with Crippen LogP contribution in [0.1, 0.15) is 6.92 Å². The molecule has 30 heavy (non-hydrogen) atoms. The topological polar surface area (TPSA) is 70.8 Å². The minimum atomic E-state index is -0.577. The van der Waals surface area contributed by atoms with Crippen LogP contribution in [-0.4, -0.2) is 76.0 Å². The third kappa shape index (κ3) is 4.80. The van der Waals surface area contributed by atoms with Crippen molar-refractivity contribution in [2.75, 3.05) is 39.3 Å². The molecule has 1 N–H and O–H groups in total. The molecule has 2 heterocycles. The minimum Gasteiger partial charge on any atom is -0.491 e. The van der Waals surface area contributed by atoms with Gasteiger partial charge >= 0.3 is 0 Å². The van der Waals surface area contributed by atoms with Crippen molar-refractivity contribution in [3.63, 3.8) is 0 Å². The fourth-order valence-corrected chi connectivity index (χ4v) is 3.85. The minimum absolute atomic E-state index is 0.113. The van der Waals surface area contributed by atoms with Gasteiger partial charge < -0.3 is 14.7 Å². The molecule has 0 saturated carbocycles. The Hall–Kier alpha value is -2.90. The number of ether oxygens (including phenoxy) is 1. The Morgan fingerprint density at radius 3 is 2.57 bits per heavy atom. The SMILES string of the molecule is CC(=O)N1CCN(CC(O)COc2ccc3ccc(-c4cnn(C)c4)cc3c2)CC1. The summed E-state index contributed by atoms with van der Waals surface area (Å²) in [6.07, 6.45) is 3.27. The molecule has 1 aromatic heterocycles. The first-order valence-corrected chi connectivity index (χ1v) is 10.3. The summed E-state index contributed by atoms with van der Waals surface area (Å²) in [6, 6.07) is 12.3. The van der Waals surface area contributed by atoms with E-state index in [0.717, 1.165) is 40.7 Å². The maximum absolute atomic E-state index is 11.4. The molecule has 1 aliphatic heterocycles. The summed E-state index contributed by atoms with van der Waals surface area (Å²) >= 11 is 0. The van der Waals surface area contributed by atoms with Crippen LogP contribution in [0.15, 0.2) is 48.8 Å². The zero-order chi connectivity index (χ0) is 21.1. The molecule has 1 aliphatic rings. The van der Waals surface area contributed by atoms with Gasteiger partial charge in [0.25, 0.3) is 0 Å². The number of aryl methyl sites for hydroxylation is 1. The Morgan fingerprint density at radius 1 is 1.10 bits per heavy atom. The first-order chi connectivity index (χ1) is 14.5. The van der Waals surface area contributed by atoms with E-state index in [1.807, 2.05) is 42.5 Å². The second-order valence-corrected chi connectivity index (χ2v) is 7.90. The number of nitrogens with zero attached hydrogens (tertiary/aromatic N) is 4. The summed E-state index contributed by atoms with van der Waals surface area (Å²) < 4.78 is 7.66. The molecule has 158 valence electrons. The lowest BCUT2D eigenvalue weighted by Gasteiger charge is -2.35. The van der Waals surface area contributed by atoms with Crippen molar-refractivity contribution in [1.82, 2.24) is 19.6 Å². The van der Waals surface area contributed by atoms with Crippen molar-refractivity contribution in [1.29, 1.82) is 0 Å². The fraction of sp³-hybridized carbons (Fsp3) is 0.391. The van der Waals surface area contributed by atoms with E-state index in [2.05, 4.69) is 28.2 Å². The highest BCUT2D eigenvalue weighted by Gasteiger charge is 2.20. The number of hydrogen-bond acceptors (Lipinski definition) is 5. The molecule has 3 aromatic rings. The maximum Gasteiger partial charge on any atom is 0.219 e. The molecule has 1 amide bonds. The highest BCUT2D eigenvalue weighted by molar-refractivity contribution is 5.88. The number of fused-ring (bicyclic) bond motifs is 1. The Labute approximate surface area is 176 Å². The maximum atomic E-state index is 11.4. The van der Waals surface area contributed by atoms with Gasteiger partial charge in [0, 0.05) is 58.5 Å². The number of β-amino-alcohol motifs (C(OH)–C–C–N with tert-alkyl or cyclic N) is 1. The molecule has 1 unspecified atom stereocenters. The number of aliphatic hydroxyl groups is 1. The van der Waals surface area contributed by atoms with Crippen molar-refractivity contribution in [3.8, 4) is 16.9 Å². The lowest BCUT2D eigenvalue weighted by atomic mass is 10.0. The van der Waals surface area contributed by atoms with E-state index in [0.29, 0.717) is 19.6 Å². The summed E-state index contributed by atoms with van der Waals surface area (Å²) in [5, 5.41) is 16.9. The molecule has 0 aliphatic carbocycles. The van der Waals surface area contributed by atoms with E-state index in [9.17, 15) is 9.90 Å². The number of aliphatic hydroxyl groups excluding tert-OH is 1. The Balaban J connectivity index is 1.35. The van der Waals surface area contributed by atoms with Crippen LogP contribution in [0.2, 0.25) is 0 Å². The van der Waals surface area contributed by atoms with E-state index in [-0.39, 0.29) is 12.5 Å². The molecule has 1 saturated heterocycles. The number of aromatic nitrogens is 2. The average molecular weight is 409 g/mol. The van der Waals surface area contributed by atoms with Crippen LogP contribution in [0.3, 0.4) is 0 Å². The van der Waals surface area contributed by atoms with Crippen LogP contribution in [-0.2, 0) is 11.8 Å². The van der Waals surface area contributed by atoms with Crippen molar-refractivity contribution >= 4 is 16.7 Å². The lowest BCUT2D eigenvalue weighted by molar-refractivity contribution is -0.130. The molecule has 1 fully saturated rings. The van der Waals surface area contributed by atoms with Gasteiger partial charge in [-0.15, -0.1) is 0 Å². The number of piperazine rings is 1. The van der Waals surface area contributed by atoms with E-state index in [1.54, 1.807) is 11.6 Å². The summed E-state index contributed by atoms with van der Waals surface area (Å²) in [4.78, 5) is 15.4. The molecule has 2 aromatic carbocycles. The summed E-state index contributed by atoms with van der Waals surface area (Å²) in [5.41, 5.74) is 2.18. The third-order valence-electron chi connectivity index (χ3n) is 5.58. The lowest BCUT2D eigenvalue weighted by Crippen LogP contribution is -2.50. The van der Waals surface area contributed by atoms with Gasteiger partial charge in [-0.1, -0.05) is 18.2 Å². The van der Waals surface area contributed by atoms with Gasteiger partial charge in [-0.2, -0.15) is 5.10 Å². The molecule has 0 radical (unpaired) electrons. The fourth-order valence-electron chi connectivity index (χ4n) is 3.85. The molecule has 1 atom stereocenters. The van der Waals surface area contributed by atoms with Crippen molar-refractivity contribution in [2.24, 2.45) is 7.05 Å². The van der Waals surface area contributed by atoms with E-state index >= 15 is 0 Å². The normalized spacial score (nSPS) is 16.0. The van der Waals surface area contributed by atoms with Crippen LogP contribution in [0, 0.1) is 0 Å². The number of hydrogen-bond donors (Lipinski definition) is 1. The number of carbonyl (C=O) groups is 1. The third-order valence-corrected chi connectivity index (χ3v) is 5.58. The molecule has 0 bridgehead atoms. The Bertz CT molecular complexity index is 1020. The van der Waals surface area contributed by atoms with Crippen molar-refractivity contribution < 1.29 is 14.6 Å². The molecular formula is C23H28N4O3. The number of benzene rings is 2. The van der Waals surface area contributed by atoms with E-state index in [1.165, 1.54) is 0 Å². The number of amides is 1. The first-order valence-electron chi connectivity index (χ1n) is 10.3. The smallest absolute Gasteiger partial charge is 0.219 e. The monoisotopic (exact) mass is 408 g/mol. The molecular weight excluding hydrogens is 380 g/mol. The zero-order valence-corrected chi connectivity index (χ0v) is 17.5. The van der Waals surface area contributed by atoms with Gasteiger partial charge in [0.05, 0.1) is 6.20 Å². The van der Waals surface area contributed by atoms with Gasteiger partial charge in [-0.05, 0) is 34.5 Å². The van der Waals surface area contributed by atoms with E-state index in [4.69, 9.17) is 4.74 Å². The quantitative estimate of drug-likeness (QED) is 0.677. The average Bonchev–Trinajstić information content (AvgIpc) is 3.18. The van der Waals surface area contributed by atoms with Crippen molar-refractivity contribution in [2.45, 2.75) is 13.0 Å². The summed E-state index contributed by atoms with van der Waals surface area (Å²) in [5.74, 6) is 0.854. The van der Waals surface area contributed by atoms with Gasteiger partial charge in [-0.3, -0.25) is 14.4 Å². The number of carbonyl (C=O) groups excluding carboxylic acids is 1. The Morgan fingerprint density at radius 2 is 1.87 bits per heavy atom. The van der Waals surface area contributed by atoms with Crippen LogP contribution < -0.4 is 4.74 Å². The molecule has 4 rings (SSSR count). The highest BCUT2D eigenvalue weighted by Crippen LogP contribution is 2.27. The molecule has 7 nitrogen and oxygen atoms in total. The first kappa shape index (κ1) is 20.4. The van der Waals surface area contributed by atoms with Crippen LogP contribution in [0.4, 0.5) is 0 Å². The van der Waals surface area contributed by atoms with Crippen LogP contribution in [0.25, 0.3) is 21.9 Å². The summed E-state index contributed by atoms with van der Waals surface area (Å²) in [6.45, 7) is 5.37. The zero-order valence-electron chi connectivity index (χ0n) is 17.5. The predicted octanol–water partition coefficient (Wildman–Crippen LogP) is 2.14. The largest absolute Gasteiger partial charge is 0.491 e. The van der Waals surface area contributed by atoms with Crippen LogP contribution in [0.5, 0.6) is 5.75 Å². The summed E-state index contributed by atoms with van der Waals surface area (Å²) in [7, 11) is 1.91.